The van der Waals surface area contributed by atoms with Crippen LogP contribution in [-0.4, -0.2) is 9.97 Å². The summed E-state index contributed by atoms with van der Waals surface area (Å²) in [5.41, 5.74) is 5.28. The number of hydrogen-bond acceptors (Lipinski definition) is 4. The highest BCUT2D eigenvalue weighted by Gasteiger charge is 2.25. The Morgan fingerprint density at radius 3 is 2.23 bits per heavy atom. The van der Waals surface area contributed by atoms with E-state index in [0.717, 1.165) is 40.1 Å². The first-order valence-electron chi connectivity index (χ1n) is 9.19. The van der Waals surface area contributed by atoms with Gasteiger partial charge in [-0.3, -0.25) is 0 Å². The number of benzene rings is 2. The van der Waals surface area contributed by atoms with Crippen LogP contribution in [0.4, 0.5) is 0 Å². The molecule has 0 spiro atoms. The van der Waals surface area contributed by atoms with E-state index in [2.05, 4.69) is 68.9 Å². The third-order valence-electron chi connectivity index (χ3n) is 5.18. The van der Waals surface area contributed by atoms with Crippen molar-refractivity contribution in [2.45, 2.75) is 52.4 Å². The van der Waals surface area contributed by atoms with E-state index in [1.165, 1.54) is 5.56 Å². The van der Waals surface area contributed by atoms with Crippen molar-refractivity contribution >= 4 is 22.2 Å². The van der Waals surface area contributed by atoms with Gasteiger partial charge < -0.3 is 8.83 Å². The first-order chi connectivity index (χ1) is 12.4. The highest BCUT2D eigenvalue weighted by atomic mass is 16.4. The van der Waals surface area contributed by atoms with Gasteiger partial charge in [0.15, 0.2) is 11.2 Å². The maximum Gasteiger partial charge on any atom is 0.227 e. The standard InChI is InChI=1S/C22H24N2O2/c1-6-22(4,5)21-24-17-11-16-18(12-19(17)26-21)25-20(23-16)15-9-7-14(8-10-15)13(2)3/h7-13H,6H2,1-5H3. The van der Waals surface area contributed by atoms with Gasteiger partial charge in [0.25, 0.3) is 0 Å². The minimum atomic E-state index is -0.0864. The quantitative estimate of drug-likeness (QED) is 0.425. The summed E-state index contributed by atoms with van der Waals surface area (Å²) in [6.45, 7) is 10.8. The van der Waals surface area contributed by atoms with Gasteiger partial charge in [-0.25, -0.2) is 9.97 Å². The van der Waals surface area contributed by atoms with E-state index in [1.54, 1.807) is 0 Å². The Morgan fingerprint density at radius 1 is 0.923 bits per heavy atom. The highest BCUT2D eigenvalue weighted by molar-refractivity contribution is 5.90. The number of rotatable bonds is 4. The Bertz CT molecular complexity index is 1020. The molecule has 0 radical (unpaired) electrons. The van der Waals surface area contributed by atoms with Crippen molar-refractivity contribution in [3.63, 3.8) is 0 Å². The fraction of sp³-hybridized carbons (Fsp3) is 0.364. The Balaban J connectivity index is 1.76. The van der Waals surface area contributed by atoms with Crippen LogP contribution >= 0.6 is 0 Å². The summed E-state index contributed by atoms with van der Waals surface area (Å²) in [5.74, 6) is 1.89. The van der Waals surface area contributed by atoms with Crippen LogP contribution in [0.25, 0.3) is 33.7 Å². The molecule has 0 aliphatic heterocycles. The van der Waals surface area contributed by atoms with Gasteiger partial charge in [-0.2, -0.15) is 0 Å². The van der Waals surface area contributed by atoms with Crippen LogP contribution in [0.15, 0.2) is 45.2 Å². The molecule has 0 fully saturated rings. The summed E-state index contributed by atoms with van der Waals surface area (Å²) in [6, 6.07) is 12.2. The molecule has 2 heterocycles. The molecule has 0 saturated carbocycles. The van der Waals surface area contributed by atoms with Gasteiger partial charge in [-0.15, -0.1) is 0 Å². The second-order valence-electron chi connectivity index (χ2n) is 7.84. The zero-order valence-corrected chi connectivity index (χ0v) is 16.0. The van der Waals surface area contributed by atoms with E-state index in [1.807, 2.05) is 12.1 Å². The average Bonchev–Trinajstić information content (AvgIpc) is 3.23. The summed E-state index contributed by atoms with van der Waals surface area (Å²) in [5, 5.41) is 0. The highest BCUT2D eigenvalue weighted by Crippen LogP contribution is 2.32. The zero-order chi connectivity index (χ0) is 18.5. The third-order valence-corrected chi connectivity index (χ3v) is 5.18. The molecule has 4 rings (SSSR count). The number of hydrogen-bond donors (Lipinski definition) is 0. The molecule has 0 saturated heterocycles. The Hall–Kier alpha value is -2.62. The van der Waals surface area contributed by atoms with Crippen molar-refractivity contribution in [3.8, 4) is 11.5 Å². The summed E-state index contributed by atoms with van der Waals surface area (Å²) < 4.78 is 12.0. The number of nitrogens with zero attached hydrogens (tertiary/aromatic N) is 2. The average molecular weight is 348 g/mol. The summed E-state index contributed by atoms with van der Waals surface area (Å²) in [7, 11) is 0. The van der Waals surface area contributed by atoms with Gasteiger partial charge in [0.05, 0.1) is 0 Å². The van der Waals surface area contributed by atoms with Crippen LogP contribution in [0.5, 0.6) is 0 Å². The predicted molar refractivity (Wildman–Crippen MR) is 104 cm³/mol. The predicted octanol–water partition coefficient (Wildman–Crippen LogP) is 6.45. The lowest BCUT2D eigenvalue weighted by Crippen LogP contribution is -2.15. The van der Waals surface area contributed by atoms with E-state index in [9.17, 15) is 0 Å². The fourth-order valence-corrected chi connectivity index (χ4v) is 2.92. The molecule has 0 amide bonds. The molecule has 0 aliphatic rings. The smallest absolute Gasteiger partial charge is 0.227 e. The molecule has 134 valence electrons. The normalized spacial score (nSPS) is 12.5. The first kappa shape index (κ1) is 16.8. The molecule has 0 bridgehead atoms. The second kappa shape index (κ2) is 5.97. The summed E-state index contributed by atoms with van der Waals surface area (Å²) in [4.78, 5) is 9.32. The van der Waals surface area contributed by atoms with Crippen molar-refractivity contribution < 1.29 is 8.83 Å². The molecule has 0 atom stereocenters. The van der Waals surface area contributed by atoms with E-state index < -0.39 is 0 Å². The van der Waals surface area contributed by atoms with E-state index in [0.29, 0.717) is 11.8 Å². The Morgan fingerprint density at radius 2 is 1.58 bits per heavy atom. The van der Waals surface area contributed by atoms with Gasteiger partial charge in [-0.05, 0) is 36.1 Å². The molecule has 0 unspecified atom stereocenters. The summed E-state index contributed by atoms with van der Waals surface area (Å²) in [6.07, 6.45) is 0.963. The lowest BCUT2D eigenvalue weighted by molar-refractivity contribution is 0.373. The van der Waals surface area contributed by atoms with E-state index in [-0.39, 0.29) is 5.41 Å². The maximum atomic E-state index is 5.99. The van der Waals surface area contributed by atoms with Crippen molar-refractivity contribution in [1.29, 1.82) is 0 Å². The van der Waals surface area contributed by atoms with Gasteiger partial charge in [0.1, 0.15) is 11.0 Å². The SMILES string of the molecule is CCC(C)(C)c1nc2cc3nc(-c4ccc(C(C)C)cc4)oc3cc2o1. The van der Waals surface area contributed by atoms with Crippen molar-refractivity contribution in [3.05, 3.63) is 47.9 Å². The number of fused-ring (bicyclic) bond motifs is 2. The molecule has 2 aromatic heterocycles. The molecule has 4 heteroatoms. The Kier molecular flexibility index (Phi) is 3.87. The minimum Gasteiger partial charge on any atom is -0.440 e. The third kappa shape index (κ3) is 2.79. The molecular weight excluding hydrogens is 324 g/mol. The van der Waals surface area contributed by atoms with Crippen LogP contribution in [0, 0.1) is 0 Å². The van der Waals surface area contributed by atoms with Crippen molar-refractivity contribution in [2.75, 3.05) is 0 Å². The zero-order valence-electron chi connectivity index (χ0n) is 16.0. The van der Waals surface area contributed by atoms with Gasteiger partial charge in [0, 0.05) is 17.0 Å². The monoisotopic (exact) mass is 348 g/mol. The number of aromatic nitrogens is 2. The lowest BCUT2D eigenvalue weighted by Gasteiger charge is -2.16. The van der Waals surface area contributed by atoms with Crippen LogP contribution in [0.2, 0.25) is 0 Å². The van der Waals surface area contributed by atoms with Gasteiger partial charge in [-0.1, -0.05) is 46.8 Å². The van der Waals surface area contributed by atoms with Crippen LogP contribution < -0.4 is 0 Å². The largest absolute Gasteiger partial charge is 0.440 e. The molecular formula is C22H24N2O2. The van der Waals surface area contributed by atoms with Crippen molar-refractivity contribution in [1.82, 2.24) is 9.97 Å². The van der Waals surface area contributed by atoms with Crippen molar-refractivity contribution in [2.24, 2.45) is 0 Å². The lowest BCUT2D eigenvalue weighted by atomic mass is 9.90. The fourth-order valence-electron chi connectivity index (χ4n) is 2.92. The molecule has 4 nitrogen and oxygen atoms in total. The maximum absolute atomic E-state index is 5.99. The van der Waals surface area contributed by atoms with Crippen LogP contribution in [-0.2, 0) is 5.41 Å². The van der Waals surface area contributed by atoms with E-state index in [4.69, 9.17) is 8.83 Å². The molecule has 2 aromatic carbocycles. The van der Waals surface area contributed by atoms with Gasteiger partial charge >= 0.3 is 0 Å². The number of oxazole rings is 2. The molecule has 4 aromatic rings. The Labute approximate surface area is 153 Å². The van der Waals surface area contributed by atoms with Gasteiger partial charge in [0.2, 0.25) is 11.8 Å². The molecule has 26 heavy (non-hydrogen) atoms. The minimum absolute atomic E-state index is 0.0864. The molecule has 0 aliphatic carbocycles. The van der Waals surface area contributed by atoms with Crippen LogP contribution in [0.1, 0.15) is 58.4 Å². The topological polar surface area (TPSA) is 52.1 Å². The molecule has 0 N–H and O–H groups in total. The van der Waals surface area contributed by atoms with E-state index >= 15 is 0 Å². The van der Waals surface area contributed by atoms with Crippen LogP contribution in [0.3, 0.4) is 0 Å². The summed E-state index contributed by atoms with van der Waals surface area (Å²) >= 11 is 0. The first-order valence-corrected chi connectivity index (χ1v) is 9.19. The second-order valence-corrected chi connectivity index (χ2v) is 7.84.